The quantitative estimate of drug-likeness (QED) is 0.351. The first-order valence-corrected chi connectivity index (χ1v) is 14.6. The molecular formula is C27H32Cl2N4O5S. The highest BCUT2D eigenvalue weighted by atomic mass is 35.5. The third-order valence-corrected chi connectivity index (χ3v) is 8.05. The summed E-state index contributed by atoms with van der Waals surface area (Å²) >= 11 is 14.2. The number of hydrogen-bond acceptors (Lipinski definition) is 9. The van der Waals surface area contributed by atoms with Gasteiger partial charge in [0.15, 0.2) is 10.8 Å². The summed E-state index contributed by atoms with van der Waals surface area (Å²) in [5, 5.41) is 16.0. The molecule has 1 aromatic carbocycles. The Morgan fingerprint density at radius 2 is 2.18 bits per heavy atom. The van der Waals surface area contributed by atoms with Crippen LogP contribution in [0.15, 0.2) is 46.0 Å². The predicted octanol–water partition coefficient (Wildman–Crippen LogP) is 4.95. The summed E-state index contributed by atoms with van der Waals surface area (Å²) in [7, 11) is 0. The van der Waals surface area contributed by atoms with Crippen LogP contribution in [0.4, 0.5) is 0 Å². The molecule has 1 aromatic heterocycles. The number of carbonyl (C=O) groups excluding carboxylic acids is 1. The fourth-order valence-corrected chi connectivity index (χ4v) is 5.76. The van der Waals surface area contributed by atoms with Crippen molar-refractivity contribution in [3.8, 4) is 0 Å². The van der Waals surface area contributed by atoms with Crippen molar-refractivity contribution in [3.05, 3.63) is 61.7 Å². The van der Waals surface area contributed by atoms with E-state index in [4.69, 9.17) is 42.8 Å². The summed E-state index contributed by atoms with van der Waals surface area (Å²) in [5.74, 6) is -1.08. The number of carbonyl (C=O) groups is 2. The minimum absolute atomic E-state index is 0.0245. The SMILES string of the molecule is CCOC(=O)C1=C(CN2CCO[C@H](CCCC(C)C(=O)O)C2)NC(c2nccs2)=N[C@H]1c1ccc(Cl)cc1Cl. The van der Waals surface area contributed by atoms with Crippen LogP contribution < -0.4 is 5.32 Å². The fourth-order valence-electron chi connectivity index (χ4n) is 4.66. The Balaban J connectivity index is 1.62. The zero-order valence-electron chi connectivity index (χ0n) is 21.9. The van der Waals surface area contributed by atoms with E-state index < -0.39 is 18.0 Å². The highest BCUT2D eigenvalue weighted by Gasteiger charge is 2.35. The molecule has 39 heavy (non-hydrogen) atoms. The van der Waals surface area contributed by atoms with Gasteiger partial charge in [-0.2, -0.15) is 0 Å². The van der Waals surface area contributed by atoms with Crippen molar-refractivity contribution in [2.75, 3.05) is 32.8 Å². The number of halogens is 2. The van der Waals surface area contributed by atoms with Crippen molar-refractivity contribution in [2.24, 2.45) is 10.9 Å². The number of esters is 1. The maximum Gasteiger partial charge on any atom is 0.338 e. The van der Waals surface area contributed by atoms with Crippen LogP contribution in [-0.2, 0) is 19.1 Å². The first-order valence-electron chi connectivity index (χ1n) is 12.9. The first-order chi connectivity index (χ1) is 18.8. The number of benzene rings is 1. The van der Waals surface area contributed by atoms with Crippen LogP contribution in [-0.4, -0.2) is 71.7 Å². The fraction of sp³-hybridized carbons (Fsp3) is 0.481. The molecule has 2 aliphatic heterocycles. The zero-order chi connectivity index (χ0) is 27.9. The Hall–Kier alpha value is -2.50. The van der Waals surface area contributed by atoms with Gasteiger partial charge in [0.05, 0.1) is 30.8 Å². The number of ether oxygens (including phenoxy) is 2. The van der Waals surface area contributed by atoms with Crippen molar-refractivity contribution in [1.29, 1.82) is 0 Å². The molecule has 4 rings (SSSR count). The minimum Gasteiger partial charge on any atom is -0.481 e. The molecule has 0 radical (unpaired) electrons. The summed E-state index contributed by atoms with van der Waals surface area (Å²) in [6.07, 6.45) is 3.81. The molecule has 210 valence electrons. The lowest BCUT2D eigenvalue weighted by Crippen LogP contribution is -2.46. The molecule has 2 aromatic rings. The molecule has 2 N–H and O–H groups in total. The highest BCUT2D eigenvalue weighted by Crippen LogP contribution is 2.37. The number of hydrogen-bond donors (Lipinski definition) is 2. The first kappa shape index (κ1) is 29.5. The van der Waals surface area contributed by atoms with Gasteiger partial charge in [0, 0.05) is 52.5 Å². The number of carboxylic acid groups (broad SMARTS) is 1. The maximum absolute atomic E-state index is 13.4. The standard InChI is InChI=1S/C27H32Cl2N4O5S/c1-3-37-27(36)22-21(15-33-10-11-38-18(14-33)6-4-5-16(2)26(34)35)31-24(25-30-9-12-39-25)32-23(22)19-8-7-17(28)13-20(19)29/h7-9,12-13,16,18,23H,3-6,10-11,14-15H2,1-2H3,(H,31,32)(H,34,35)/t16?,18-,23+/m1/s1. The van der Waals surface area contributed by atoms with Gasteiger partial charge in [-0.15, -0.1) is 11.3 Å². The third kappa shape index (κ3) is 7.58. The highest BCUT2D eigenvalue weighted by molar-refractivity contribution is 7.11. The molecule has 1 unspecified atom stereocenters. The van der Waals surface area contributed by atoms with Gasteiger partial charge >= 0.3 is 11.9 Å². The Kier molecular flexibility index (Phi) is 10.4. The molecule has 0 amide bonds. The van der Waals surface area contributed by atoms with Crippen LogP contribution in [0.3, 0.4) is 0 Å². The van der Waals surface area contributed by atoms with E-state index in [1.54, 1.807) is 38.2 Å². The smallest absolute Gasteiger partial charge is 0.338 e. The Bertz CT molecular complexity index is 1240. The Morgan fingerprint density at radius 1 is 1.36 bits per heavy atom. The van der Waals surface area contributed by atoms with Gasteiger partial charge in [-0.25, -0.2) is 9.78 Å². The number of carboxylic acids is 1. The van der Waals surface area contributed by atoms with Crippen molar-refractivity contribution in [3.63, 3.8) is 0 Å². The monoisotopic (exact) mass is 594 g/mol. The number of nitrogens with one attached hydrogen (secondary N) is 1. The lowest BCUT2D eigenvalue weighted by Gasteiger charge is -2.35. The molecule has 9 nitrogen and oxygen atoms in total. The van der Waals surface area contributed by atoms with Crippen LogP contribution in [0.2, 0.25) is 10.0 Å². The number of thiazole rings is 1. The molecule has 0 spiro atoms. The maximum atomic E-state index is 13.4. The summed E-state index contributed by atoms with van der Waals surface area (Å²) in [5.41, 5.74) is 1.70. The average molecular weight is 596 g/mol. The second-order valence-corrected chi connectivity index (χ2v) is 11.3. The molecule has 1 saturated heterocycles. The number of aromatic nitrogens is 1. The second-order valence-electron chi connectivity index (χ2n) is 9.52. The van der Waals surface area contributed by atoms with Crippen LogP contribution >= 0.6 is 34.5 Å². The molecule has 0 bridgehead atoms. The molecule has 1 fully saturated rings. The van der Waals surface area contributed by atoms with Gasteiger partial charge in [0.25, 0.3) is 0 Å². The topological polar surface area (TPSA) is 113 Å². The van der Waals surface area contributed by atoms with E-state index in [1.165, 1.54) is 11.3 Å². The van der Waals surface area contributed by atoms with Crippen LogP contribution in [0.1, 0.15) is 49.7 Å². The molecule has 12 heteroatoms. The van der Waals surface area contributed by atoms with Gasteiger partial charge in [-0.1, -0.05) is 36.2 Å². The van der Waals surface area contributed by atoms with Crippen molar-refractivity contribution >= 4 is 52.3 Å². The lowest BCUT2D eigenvalue weighted by molar-refractivity contribution is -0.141. The summed E-state index contributed by atoms with van der Waals surface area (Å²) in [6.45, 7) is 6.01. The van der Waals surface area contributed by atoms with E-state index in [0.717, 1.165) is 12.8 Å². The second kappa shape index (κ2) is 13.7. The minimum atomic E-state index is -0.781. The van der Waals surface area contributed by atoms with E-state index >= 15 is 0 Å². The molecule has 3 heterocycles. The van der Waals surface area contributed by atoms with Gasteiger partial charge < -0.3 is 19.9 Å². The summed E-state index contributed by atoms with van der Waals surface area (Å²) in [6, 6.07) is 4.44. The zero-order valence-corrected chi connectivity index (χ0v) is 24.2. The van der Waals surface area contributed by atoms with Gasteiger partial charge in [-0.3, -0.25) is 14.7 Å². The average Bonchev–Trinajstić information content (AvgIpc) is 3.44. The van der Waals surface area contributed by atoms with Crippen molar-refractivity contribution in [1.82, 2.24) is 15.2 Å². The molecule has 0 aliphatic carbocycles. The number of nitrogens with zero attached hydrogens (tertiary/aromatic N) is 3. The Labute approximate surface area is 241 Å². The van der Waals surface area contributed by atoms with Crippen molar-refractivity contribution in [2.45, 2.75) is 45.3 Å². The number of aliphatic carboxylic acids is 1. The Morgan fingerprint density at radius 3 is 2.87 bits per heavy atom. The number of morpholine rings is 1. The number of aliphatic imine (C=N–C) groups is 1. The number of rotatable bonds is 11. The molecule has 3 atom stereocenters. The van der Waals surface area contributed by atoms with E-state index in [-0.39, 0.29) is 18.6 Å². The molecular weight excluding hydrogens is 563 g/mol. The van der Waals surface area contributed by atoms with E-state index in [2.05, 4.69) is 15.2 Å². The van der Waals surface area contributed by atoms with E-state index in [0.29, 0.717) is 70.4 Å². The molecule has 2 aliphatic rings. The van der Waals surface area contributed by atoms with Crippen LogP contribution in [0.25, 0.3) is 0 Å². The summed E-state index contributed by atoms with van der Waals surface area (Å²) < 4.78 is 11.4. The number of amidine groups is 1. The van der Waals surface area contributed by atoms with Gasteiger partial charge in [0.2, 0.25) is 0 Å². The van der Waals surface area contributed by atoms with E-state index in [9.17, 15) is 9.59 Å². The largest absolute Gasteiger partial charge is 0.481 e. The predicted molar refractivity (Wildman–Crippen MR) is 151 cm³/mol. The summed E-state index contributed by atoms with van der Waals surface area (Å²) in [4.78, 5) is 36.0. The van der Waals surface area contributed by atoms with Crippen LogP contribution in [0.5, 0.6) is 0 Å². The van der Waals surface area contributed by atoms with Crippen LogP contribution in [0, 0.1) is 5.92 Å². The molecule has 0 saturated carbocycles. The third-order valence-electron chi connectivity index (χ3n) is 6.70. The normalized spacial score (nSPS) is 20.8. The van der Waals surface area contributed by atoms with Gasteiger partial charge in [-0.05, 0) is 38.3 Å². The van der Waals surface area contributed by atoms with Crippen molar-refractivity contribution < 1.29 is 24.2 Å². The van der Waals surface area contributed by atoms with Gasteiger partial charge in [0.1, 0.15) is 6.04 Å². The van der Waals surface area contributed by atoms with E-state index in [1.807, 2.05) is 5.38 Å². The lowest BCUT2D eigenvalue weighted by atomic mass is 9.95.